The minimum absolute atomic E-state index is 0.453. The van der Waals surface area contributed by atoms with Crippen molar-refractivity contribution in [3.63, 3.8) is 0 Å². The standard InChI is InChI=1S/C15H21N3/c1-3-15(4-2)7-8-18(11-15)13-5-6-14(17)12(9-13)10-16/h5-6,9H,3-4,7-8,11,17H2,1-2H3. The van der Waals surface area contributed by atoms with Crippen LogP contribution in [0, 0.1) is 16.7 Å². The summed E-state index contributed by atoms with van der Waals surface area (Å²) in [5, 5.41) is 9.03. The number of hydrogen-bond donors (Lipinski definition) is 1. The number of anilines is 2. The van der Waals surface area contributed by atoms with E-state index in [0.717, 1.165) is 18.8 Å². The number of benzene rings is 1. The number of nitrogens with two attached hydrogens (primary N) is 1. The Balaban J connectivity index is 2.22. The SMILES string of the molecule is CCC1(CC)CCN(c2ccc(N)c(C#N)c2)C1. The van der Waals surface area contributed by atoms with Crippen LogP contribution in [0.25, 0.3) is 0 Å². The number of rotatable bonds is 3. The van der Waals surface area contributed by atoms with Gasteiger partial charge in [0, 0.05) is 24.5 Å². The highest BCUT2D eigenvalue weighted by atomic mass is 15.2. The van der Waals surface area contributed by atoms with Crippen LogP contribution in [0.2, 0.25) is 0 Å². The fourth-order valence-corrected chi connectivity index (χ4v) is 2.82. The Labute approximate surface area is 109 Å². The number of nitriles is 1. The van der Waals surface area contributed by atoms with E-state index in [1.807, 2.05) is 18.2 Å². The molecule has 0 amide bonds. The molecule has 2 rings (SSSR count). The fourth-order valence-electron chi connectivity index (χ4n) is 2.82. The van der Waals surface area contributed by atoms with E-state index < -0.39 is 0 Å². The molecule has 0 bridgehead atoms. The Kier molecular flexibility index (Phi) is 3.47. The molecule has 0 aliphatic carbocycles. The van der Waals surface area contributed by atoms with Gasteiger partial charge < -0.3 is 10.6 Å². The molecule has 1 aromatic carbocycles. The predicted molar refractivity (Wildman–Crippen MR) is 75.4 cm³/mol. The quantitative estimate of drug-likeness (QED) is 0.830. The second-order valence-corrected chi connectivity index (χ2v) is 5.26. The van der Waals surface area contributed by atoms with Gasteiger partial charge >= 0.3 is 0 Å². The molecule has 3 nitrogen and oxygen atoms in total. The van der Waals surface area contributed by atoms with E-state index in [2.05, 4.69) is 24.8 Å². The van der Waals surface area contributed by atoms with E-state index in [0.29, 0.717) is 16.7 Å². The molecular formula is C15H21N3. The van der Waals surface area contributed by atoms with Crippen molar-refractivity contribution in [2.75, 3.05) is 23.7 Å². The topological polar surface area (TPSA) is 53.0 Å². The van der Waals surface area contributed by atoms with Gasteiger partial charge in [0.2, 0.25) is 0 Å². The third-order valence-electron chi connectivity index (χ3n) is 4.46. The summed E-state index contributed by atoms with van der Waals surface area (Å²) in [6, 6.07) is 7.93. The number of hydrogen-bond acceptors (Lipinski definition) is 3. The molecule has 0 radical (unpaired) electrons. The Morgan fingerprint density at radius 1 is 1.39 bits per heavy atom. The maximum Gasteiger partial charge on any atom is 0.101 e. The molecule has 18 heavy (non-hydrogen) atoms. The summed E-state index contributed by atoms with van der Waals surface area (Å²) in [7, 11) is 0. The Hall–Kier alpha value is -1.69. The van der Waals surface area contributed by atoms with Gasteiger partial charge in [-0.1, -0.05) is 13.8 Å². The summed E-state index contributed by atoms with van der Waals surface area (Å²) in [4.78, 5) is 2.38. The van der Waals surface area contributed by atoms with Gasteiger partial charge in [-0.05, 0) is 42.9 Å². The maximum absolute atomic E-state index is 9.03. The molecule has 1 saturated heterocycles. The largest absolute Gasteiger partial charge is 0.398 e. The van der Waals surface area contributed by atoms with Crippen molar-refractivity contribution in [3.8, 4) is 6.07 Å². The van der Waals surface area contributed by atoms with E-state index in [9.17, 15) is 0 Å². The molecule has 1 aliphatic rings. The van der Waals surface area contributed by atoms with Crippen LogP contribution in [0.1, 0.15) is 38.7 Å². The molecule has 1 heterocycles. The lowest BCUT2D eigenvalue weighted by Crippen LogP contribution is -2.26. The third kappa shape index (κ3) is 2.15. The summed E-state index contributed by atoms with van der Waals surface area (Å²) in [5.41, 5.74) is 8.49. The van der Waals surface area contributed by atoms with Gasteiger partial charge in [-0.3, -0.25) is 0 Å². The van der Waals surface area contributed by atoms with Crippen LogP contribution in [0.4, 0.5) is 11.4 Å². The van der Waals surface area contributed by atoms with Gasteiger partial charge in [0.1, 0.15) is 6.07 Å². The first-order valence-electron chi connectivity index (χ1n) is 6.68. The van der Waals surface area contributed by atoms with Crippen molar-refractivity contribution in [1.82, 2.24) is 0 Å². The van der Waals surface area contributed by atoms with Gasteiger partial charge in [0.25, 0.3) is 0 Å². The normalized spacial score (nSPS) is 17.7. The zero-order valence-electron chi connectivity index (χ0n) is 11.2. The Bertz CT molecular complexity index is 469. The van der Waals surface area contributed by atoms with E-state index in [-0.39, 0.29) is 0 Å². The lowest BCUT2D eigenvalue weighted by molar-refractivity contribution is 0.301. The van der Waals surface area contributed by atoms with E-state index in [1.165, 1.54) is 19.3 Å². The van der Waals surface area contributed by atoms with Crippen molar-refractivity contribution in [2.24, 2.45) is 5.41 Å². The molecule has 2 N–H and O–H groups in total. The van der Waals surface area contributed by atoms with Crippen LogP contribution < -0.4 is 10.6 Å². The lowest BCUT2D eigenvalue weighted by Gasteiger charge is -2.27. The van der Waals surface area contributed by atoms with Crippen LogP contribution in [0.5, 0.6) is 0 Å². The van der Waals surface area contributed by atoms with Crippen molar-refractivity contribution < 1.29 is 0 Å². The fraction of sp³-hybridized carbons (Fsp3) is 0.533. The van der Waals surface area contributed by atoms with Crippen LogP contribution in [-0.4, -0.2) is 13.1 Å². The predicted octanol–water partition coefficient (Wildman–Crippen LogP) is 3.16. The Morgan fingerprint density at radius 2 is 2.11 bits per heavy atom. The summed E-state index contributed by atoms with van der Waals surface area (Å²) in [6.07, 6.45) is 3.69. The molecule has 3 heteroatoms. The molecule has 0 spiro atoms. The molecule has 0 atom stereocenters. The second-order valence-electron chi connectivity index (χ2n) is 5.26. The lowest BCUT2D eigenvalue weighted by atomic mass is 9.82. The highest BCUT2D eigenvalue weighted by Gasteiger charge is 2.34. The summed E-state index contributed by atoms with van der Waals surface area (Å²) in [5.74, 6) is 0. The number of nitrogen functional groups attached to an aromatic ring is 1. The van der Waals surface area contributed by atoms with Gasteiger partial charge in [0.05, 0.1) is 5.56 Å². The van der Waals surface area contributed by atoms with Gasteiger partial charge in [-0.15, -0.1) is 0 Å². The number of nitrogens with zero attached hydrogens (tertiary/aromatic N) is 2. The molecule has 0 aromatic heterocycles. The molecule has 96 valence electrons. The zero-order valence-corrected chi connectivity index (χ0v) is 11.2. The maximum atomic E-state index is 9.03. The third-order valence-corrected chi connectivity index (χ3v) is 4.46. The van der Waals surface area contributed by atoms with E-state index in [4.69, 9.17) is 11.0 Å². The average molecular weight is 243 g/mol. The molecule has 1 aromatic rings. The zero-order chi connectivity index (χ0) is 13.2. The minimum Gasteiger partial charge on any atom is -0.398 e. The van der Waals surface area contributed by atoms with Gasteiger partial charge in [-0.2, -0.15) is 5.26 Å². The van der Waals surface area contributed by atoms with Crippen molar-refractivity contribution in [3.05, 3.63) is 23.8 Å². The summed E-state index contributed by atoms with van der Waals surface area (Å²) in [6.45, 7) is 6.72. The minimum atomic E-state index is 0.453. The molecule has 0 unspecified atom stereocenters. The molecular weight excluding hydrogens is 222 g/mol. The molecule has 1 aliphatic heterocycles. The first-order chi connectivity index (χ1) is 8.64. The smallest absolute Gasteiger partial charge is 0.101 e. The summed E-state index contributed by atoms with van der Waals surface area (Å²) >= 11 is 0. The highest BCUT2D eigenvalue weighted by molar-refractivity contribution is 5.63. The first kappa shape index (κ1) is 12.8. The van der Waals surface area contributed by atoms with Crippen molar-refractivity contribution in [1.29, 1.82) is 5.26 Å². The Morgan fingerprint density at radius 3 is 2.67 bits per heavy atom. The summed E-state index contributed by atoms with van der Waals surface area (Å²) < 4.78 is 0. The van der Waals surface area contributed by atoms with Crippen LogP contribution >= 0.6 is 0 Å². The van der Waals surface area contributed by atoms with E-state index in [1.54, 1.807) is 0 Å². The average Bonchev–Trinajstić information content (AvgIpc) is 2.84. The molecule has 1 fully saturated rings. The van der Waals surface area contributed by atoms with Crippen LogP contribution in [-0.2, 0) is 0 Å². The highest BCUT2D eigenvalue weighted by Crippen LogP contribution is 2.39. The second kappa shape index (κ2) is 4.89. The van der Waals surface area contributed by atoms with Gasteiger partial charge in [-0.25, -0.2) is 0 Å². The van der Waals surface area contributed by atoms with Crippen molar-refractivity contribution in [2.45, 2.75) is 33.1 Å². The van der Waals surface area contributed by atoms with Crippen molar-refractivity contribution >= 4 is 11.4 Å². The van der Waals surface area contributed by atoms with Crippen LogP contribution in [0.3, 0.4) is 0 Å². The molecule has 0 saturated carbocycles. The first-order valence-corrected chi connectivity index (χ1v) is 6.68. The monoisotopic (exact) mass is 243 g/mol. The van der Waals surface area contributed by atoms with Gasteiger partial charge in [0.15, 0.2) is 0 Å². The van der Waals surface area contributed by atoms with E-state index >= 15 is 0 Å². The van der Waals surface area contributed by atoms with Crippen LogP contribution in [0.15, 0.2) is 18.2 Å².